The third-order valence-corrected chi connectivity index (χ3v) is 26.5. The highest BCUT2D eigenvalue weighted by Crippen LogP contribution is 2.42. The Morgan fingerprint density at radius 2 is 1.44 bits per heavy atom. The van der Waals surface area contributed by atoms with Crippen molar-refractivity contribution in [3.8, 4) is 17.1 Å². The van der Waals surface area contributed by atoms with Crippen molar-refractivity contribution in [2.45, 2.75) is 256 Å². The molecule has 16 atom stereocenters. The van der Waals surface area contributed by atoms with Gasteiger partial charge in [0.05, 0.1) is 140 Å². The maximum atomic E-state index is 15.0. The first kappa shape index (κ1) is 105. The number of para-hydroxylation sites is 1. The van der Waals surface area contributed by atoms with Crippen LogP contribution in [0.15, 0.2) is 84.4 Å². The predicted octanol–water partition coefficient (Wildman–Crippen LogP) is 10.5. The average molecular weight is 1830 g/mol. The Hall–Kier alpha value is -8.33. The Bertz CT molecular complexity index is 4490. The second-order valence-electron chi connectivity index (χ2n) is 36.1. The van der Waals surface area contributed by atoms with Crippen LogP contribution in [0.3, 0.4) is 0 Å². The average Bonchev–Trinajstić information content (AvgIpc) is 1.67. The number of aliphatic hydroxyl groups is 2. The molecule has 131 heavy (non-hydrogen) atoms. The lowest BCUT2D eigenvalue weighted by Gasteiger charge is -2.43. The minimum atomic E-state index is -2.43. The summed E-state index contributed by atoms with van der Waals surface area (Å²) in [5, 5.41) is 44.1. The molecule has 10 rings (SSSR count). The standard InChI is InChI=1S/C97H148N12O22/c1-63-22-15-13-14-16-23-64(2)80(119-9)59-75-34-28-69(7)97(117,131-75)91(113)95(115)108-39-19-17-26-77(108)96(116)130-82(60-81(120-10)65(3)55-68(6)89(112)90(122-12)88(111)67(5)54-63)66(4)56-70-29-35-78(83(57-70)121-11)129-41-20-18-25-74-61-107(106-105-74)40-45-126-49-51-128-53-52-127-50-46-123-42-36-84(110)99-37-43-124-47-48-125-44-38-100-94(114)72-32-30-71(31-33-72)93-104-86(87-92(98)101-62-102-109(87)93)76-58-73-24-21-27-79(118-8)85(73)103-76/h13-16,21,23-24,27,55,58,61-63,65-67,69-72,75,77-78,80-83,89-90,103,112,117H,17-20,22,25-26,28-54,56-57,59-60H2,1-12H3,(H,99,110)(H,100,114)(H2,98,101,102)/b15-13-,16-14+,64-23+,68-55+/t63-,65-,66-,67-,69-,70+,71?,72?,75+,77+,78-,80+,81-,82+,83-,89-,90+,97-/m1/s1. The van der Waals surface area contributed by atoms with Crippen LogP contribution in [0, 0.1) is 41.4 Å². The number of H-pyrrole nitrogens is 1. The molecule has 7 N–H and O–H groups in total. The molecule has 2 saturated carbocycles. The largest absolute Gasteiger partial charge is 0.495 e. The third-order valence-electron chi connectivity index (χ3n) is 26.5. The number of nitrogens with one attached hydrogen (secondary N) is 3. The number of aromatic amines is 1. The number of nitrogens with zero attached hydrogens (tertiary/aromatic N) is 8. The number of piperidine rings is 1. The van der Waals surface area contributed by atoms with Gasteiger partial charge in [-0.05, 0) is 170 Å². The van der Waals surface area contributed by atoms with E-state index in [1.165, 1.54) is 18.3 Å². The van der Waals surface area contributed by atoms with Crippen LogP contribution in [0.4, 0.5) is 5.82 Å². The van der Waals surface area contributed by atoms with E-state index in [-0.39, 0.29) is 97.7 Å². The Balaban J connectivity index is 0.561. The number of cyclic esters (lactones) is 1. The molecule has 2 bridgehead atoms. The molecule has 1 aromatic carbocycles. The highest BCUT2D eigenvalue weighted by Gasteiger charge is 2.53. The molecule has 5 aliphatic rings. The molecule has 4 fully saturated rings. The van der Waals surface area contributed by atoms with Gasteiger partial charge in [-0.1, -0.05) is 88.4 Å². The number of methoxy groups -OCH3 is 5. The number of fused-ring (bicyclic) bond motifs is 5. The SMILES string of the molecule is COc1cccc2cc(-c3nc(C4CCC(C(=O)NCCOCCOCCNC(=O)CCOCCOCCOCCOCCn5cc(CCCCO[C@@H]6CC[C@@H](C[C@@H](C)[C@@H]7C[C@@H](OC)[C@H](C)/C=C(\C)[C@@H](O)[C@@H](OC)C(=O)[C@H](C)C[C@H](C)C\C=C/C=C/C=C(\C)[C@@H](OC)C[C@@H]8CC[C@@H](C)[C@@](O)(O8)C(=O)C(=O)N8CCCC[C@H]8C(=O)O7)C[C@H]6OC)nn5)CC4)n4ncnc(N)c34)[nH]c12. The van der Waals surface area contributed by atoms with Crippen molar-refractivity contribution < 1.29 is 105 Å². The van der Waals surface area contributed by atoms with E-state index in [4.69, 9.17) is 77.0 Å². The van der Waals surface area contributed by atoms with Crippen LogP contribution in [-0.4, -0.2) is 292 Å². The number of hydrogen-bond acceptors (Lipinski definition) is 28. The van der Waals surface area contributed by atoms with Crippen molar-refractivity contribution in [2.24, 2.45) is 41.4 Å². The maximum absolute atomic E-state index is 15.0. The van der Waals surface area contributed by atoms with Gasteiger partial charge < -0.3 is 103 Å². The van der Waals surface area contributed by atoms with Crippen molar-refractivity contribution in [3.63, 3.8) is 0 Å². The molecule has 34 nitrogen and oxygen atoms in total. The van der Waals surface area contributed by atoms with Crippen LogP contribution >= 0.6 is 0 Å². The highest BCUT2D eigenvalue weighted by molar-refractivity contribution is 6.39. The van der Waals surface area contributed by atoms with Crippen molar-refractivity contribution in [3.05, 3.63) is 95.9 Å². The molecule has 7 heterocycles. The molecule has 2 saturated heterocycles. The minimum Gasteiger partial charge on any atom is -0.495 e. The van der Waals surface area contributed by atoms with Crippen LogP contribution in [0.1, 0.15) is 194 Å². The fraction of sp³-hybridized carbons (Fsp3) is 0.701. The van der Waals surface area contributed by atoms with Crippen LogP contribution in [0.5, 0.6) is 5.75 Å². The summed E-state index contributed by atoms with van der Waals surface area (Å²) >= 11 is 0. The summed E-state index contributed by atoms with van der Waals surface area (Å²) < 4.78 is 86.6. The third kappa shape index (κ3) is 30.8. The summed E-state index contributed by atoms with van der Waals surface area (Å²) in [6.45, 7) is 19.8. The Kier molecular flexibility index (Phi) is 43.4. The molecule has 4 aromatic heterocycles. The van der Waals surface area contributed by atoms with E-state index in [9.17, 15) is 39.0 Å². The monoisotopic (exact) mass is 1830 g/mol. The predicted molar refractivity (Wildman–Crippen MR) is 492 cm³/mol. The van der Waals surface area contributed by atoms with Crippen LogP contribution in [-0.2, 0) is 103 Å². The number of allylic oxidation sites excluding steroid dienone is 5. The number of ether oxygens (including phenoxy) is 14. The second-order valence-corrected chi connectivity index (χ2v) is 36.1. The lowest BCUT2D eigenvalue weighted by molar-refractivity contribution is -0.265. The number of amides is 3. The normalized spacial score (nSPS) is 28.5. The summed E-state index contributed by atoms with van der Waals surface area (Å²) in [6, 6.07) is 6.77. The van der Waals surface area contributed by atoms with Gasteiger partial charge in [-0.25, -0.2) is 24.0 Å². The number of aliphatic hydroxyl groups excluding tert-OH is 1. The Morgan fingerprint density at radius 3 is 2.15 bits per heavy atom. The number of aryl methyl sites for hydroxylation is 1. The number of carbonyl (C=O) groups excluding carboxylic acids is 6. The fourth-order valence-electron chi connectivity index (χ4n) is 18.8. The number of hydrogen-bond donors (Lipinski definition) is 6. The first-order chi connectivity index (χ1) is 63.4. The van der Waals surface area contributed by atoms with E-state index in [2.05, 4.69) is 55.9 Å². The number of nitrogen functional groups attached to an aromatic ring is 1. The number of carbonyl (C=O) groups is 6. The maximum Gasteiger partial charge on any atom is 0.329 e. The number of anilines is 1. The van der Waals surface area contributed by atoms with Gasteiger partial charge in [-0.2, -0.15) is 5.10 Å². The number of ketones is 2. The van der Waals surface area contributed by atoms with Gasteiger partial charge in [-0.15, -0.1) is 5.10 Å². The van der Waals surface area contributed by atoms with Crippen LogP contribution in [0.25, 0.3) is 27.8 Å². The number of imidazole rings is 1. The number of esters is 1. The first-order valence-corrected chi connectivity index (χ1v) is 47.5. The summed E-state index contributed by atoms with van der Waals surface area (Å²) in [5.41, 5.74) is 11.7. The quantitative estimate of drug-likeness (QED) is 0.00916. The van der Waals surface area contributed by atoms with Gasteiger partial charge in [0.15, 0.2) is 11.6 Å². The lowest BCUT2D eigenvalue weighted by atomic mass is 9.78. The van der Waals surface area contributed by atoms with E-state index in [0.29, 0.717) is 179 Å². The molecular formula is C97H148N12O22. The van der Waals surface area contributed by atoms with E-state index < -0.39 is 77.9 Å². The van der Waals surface area contributed by atoms with Gasteiger partial charge in [0.25, 0.3) is 11.7 Å². The van der Waals surface area contributed by atoms with Crippen molar-refractivity contribution in [2.75, 3.05) is 147 Å². The summed E-state index contributed by atoms with van der Waals surface area (Å²) in [4.78, 5) is 97.8. The van der Waals surface area contributed by atoms with E-state index in [1.807, 2.05) is 81.6 Å². The summed E-state index contributed by atoms with van der Waals surface area (Å²) in [6.07, 6.45) is 23.0. The molecule has 3 amide bonds. The van der Waals surface area contributed by atoms with Crippen molar-refractivity contribution >= 4 is 57.5 Å². The number of benzene rings is 1. The molecule has 728 valence electrons. The number of nitrogens with two attached hydrogens (primary N) is 1. The number of unbranched alkanes of at least 4 members (excludes halogenated alkanes) is 1. The van der Waals surface area contributed by atoms with Gasteiger partial charge in [0, 0.05) is 115 Å². The smallest absolute Gasteiger partial charge is 0.329 e. The van der Waals surface area contributed by atoms with Gasteiger partial charge in [0.2, 0.25) is 17.6 Å². The number of Topliss-reactive ketones (excluding diaryl/α,β-unsaturated/α-hetero) is 2. The van der Waals surface area contributed by atoms with E-state index in [1.54, 1.807) is 51.5 Å². The Labute approximate surface area is 771 Å². The highest BCUT2D eigenvalue weighted by atomic mass is 16.6. The molecule has 3 aliphatic heterocycles. The topological polar surface area (TPSA) is 415 Å². The van der Waals surface area contributed by atoms with E-state index in [0.717, 1.165) is 97.2 Å². The molecule has 34 heteroatoms. The summed E-state index contributed by atoms with van der Waals surface area (Å²) in [5.74, 6) is -5.01. The van der Waals surface area contributed by atoms with Gasteiger partial charge in [0.1, 0.15) is 53.5 Å². The number of rotatable bonds is 41. The molecule has 0 unspecified atom stereocenters. The molecule has 5 aromatic rings. The zero-order valence-corrected chi connectivity index (χ0v) is 79.3. The molecule has 0 spiro atoms. The fourth-order valence-corrected chi connectivity index (χ4v) is 18.8. The minimum absolute atomic E-state index is 0.0153. The molecule has 0 radical (unpaired) electrons. The van der Waals surface area contributed by atoms with Crippen molar-refractivity contribution in [1.82, 2.24) is 55.1 Å². The Morgan fingerprint density at radius 1 is 0.733 bits per heavy atom. The zero-order valence-electron chi connectivity index (χ0n) is 79.3. The first-order valence-electron chi connectivity index (χ1n) is 47.5. The second kappa shape index (κ2) is 54.3. The van der Waals surface area contributed by atoms with Crippen molar-refractivity contribution in [1.29, 1.82) is 0 Å². The summed E-state index contributed by atoms with van der Waals surface area (Å²) in [7, 11) is 7.99. The van der Waals surface area contributed by atoms with Crippen LogP contribution < -0.4 is 21.1 Å². The van der Waals surface area contributed by atoms with Crippen LogP contribution in [0.2, 0.25) is 0 Å². The molecular weight excluding hydrogens is 1690 g/mol. The molecule has 2 aliphatic carbocycles. The van der Waals surface area contributed by atoms with Gasteiger partial charge >= 0.3 is 5.97 Å². The number of aromatic nitrogens is 8. The zero-order chi connectivity index (χ0) is 93.8. The van der Waals surface area contributed by atoms with Gasteiger partial charge in [-0.3, -0.25) is 24.0 Å². The van der Waals surface area contributed by atoms with E-state index >= 15 is 0 Å². The lowest BCUT2D eigenvalue weighted by Crippen LogP contribution is -2.61.